The van der Waals surface area contributed by atoms with Crippen LogP contribution in [0, 0.1) is 0 Å². The summed E-state index contributed by atoms with van der Waals surface area (Å²) in [4.78, 5) is 17.9. The lowest BCUT2D eigenvalue weighted by Crippen LogP contribution is -2.39. The van der Waals surface area contributed by atoms with E-state index in [1.54, 1.807) is 6.92 Å². The number of hydrogen-bond donors (Lipinski definition) is 0. The third-order valence-electron chi connectivity index (χ3n) is 3.42. The van der Waals surface area contributed by atoms with Crippen molar-refractivity contribution in [2.45, 2.75) is 39.2 Å². The second-order valence-electron chi connectivity index (χ2n) is 4.98. The lowest BCUT2D eigenvalue weighted by Gasteiger charge is -2.30. The van der Waals surface area contributed by atoms with Gasteiger partial charge in [-0.25, -0.2) is 0 Å². The summed E-state index contributed by atoms with van der Waals surface area (Å²) in [6.07, 6.45) is 0.961. The first-order valence-electron chi connectivity index (χ1n) is 6.79. The Labute approximate surface area is 113 Å². The molecule has 1 aromatic rings. The Kier molecular flexibility index (Phi) is 4.66. The van der Waals surface area contributed by atoms with Crippen molar-refractivity contribution >= 4 is 5.78 Å². The molecular formula is C13H21N3O3. The van der Waals surface area contributed by atoms with Crippen molar-refractivity contribution in [1.29, 1.82) is 0 Å². The first-order chi connectivity index (χ1) is 9.11. The van der Waals surface area contributed by atoms with Gasteiger partial charge in [-0.1, -0.05) is 12.1 Å². The smallest absolute Gasteiger partial charge is 0.237 e. The lowest BCUT2D eigenvalue weighted by molar-refractivity contribution is -0.118. The van der Waals surface area contributed by atoms with E-state index in [2.05, 4.69) is 22.0 Å². The van der Waals surface area contributed by atoms with Crippen LogP contribution in [0.4, 0.5) is 0 Å². The van der Waals surface area contributed by atoms with Gasteiger partial charge < -0.3 is 9.26 Å². The minimum Gasteiger partial charge on any atom is -0.367 e. The summed E-state index contributed by atoms with van der Waals surface area (Å²) in [5.74, 6) is 0.589. The SMILES string of the molecule is CCCN1CCOC(c2noc(C(C)C(C)=O)n2)C1. The molecule has 1 saturated heterocycles. The third-order valence-corrected chi connectivity index (χ3v) is 3.42. The van der Waals surface area contributed by atoms with Gasteiger partial charge in [0, 0.05) is 13.1 Å². The van der Waals surface area contributed by atoms with Gasteiger partial charge in [0.05, 0.1) is 12.5 Å². The summed E-state index contributed by atoms with van der Waals surface area (Å²) >= 11 is 0. The molecule has 106 valence electrons. The Balaban J connectivity index is 2.03. The van der Waals surface area contributed by atoms with Crippen molar-refractivity contribution in [3.8, 4) is 0 Å². The number of rotatable bonds is 5. The molecule has 0 bridgehead atoms. The van der Waals surface area contributed by atoms with E-state index in [-0.39, 0.29) is 17.8 Å². The maximum Gasteiger partial charge on any atom is 0.237 e. The van der Waals surface area contributed by atoms with Gasteiger partial charge in [-0.3, -0.25) is 9.69 Å². The molecule has 0 spiro atoms. The average molecular weight is 267 g/mol. The second kappa shape index (κ2) is 6.25. The van der Waals surface area contributed by atoms with Crippen LogP contribution in [0.15, 0.2) is 4.52 Å². The number of ether oxygens (including phenoxy) is 1. The van der Waals surface area contributed by atoms with Crippen LogP contribution in [-0.2, 0) is 9.53 Å². The molecule has 2 atom stereocenters. The van der Waals surface area contributed by atoms with E-state index in [0.29, 0.717) is 18.3 Å². The van der Waals surface area contributed by atoms with Crippen molar-refractivity contribution in [3.05, 3.63) is 11.7 Å². The van der Waals surface area contributed by atoms with Crippen molar-refractivity contribution in [2.75, 3.05) is 26.2 Å². The van der Waals surface area contributed by atoms with Gasteiger partial charge >= 0.3 is 0 Å². The molecule has 2 heterocycles. The molecule has 19 heavy (non-hydrogen) atoms. The number of carbonyl (C=O) groups excluding carboxylic acids is 1. The molecule has 2 rings (SSSR count). The van der Waals surface area contributed by atoms with Gasteiger partial charge in [0.2, 0.25) is 11.7 Å². The van der Waals surface area contributed by atoms with E-state index in [4.69, 9.17) is 9.26 Å². The fraction of sp³-hybridized carbons (Fsp3) is 0.769. The minimum atomic E-state index is -0.350. The zero-order valence-corrected chi connectivity index (χ0v) is 11.8. The van der Waals surface area contributed by atoms with Gasteiger partial charge in [0.1, 0.15) is 11.9 Å². The summed E-state index contributed by atoms with van der Waals surface area (Å²) in [5, 5.41) is 3.95. The van der Waals surface area contributed by atoms with Crippen molar-refractivity contribution in [3.63, 3.8) is 0 Å². The number of Topliss-reactive ketones (excluding diaryl/α,β-unsaturated/α-hetero) is 1. The van der Waals surface area contributed by atoms with Crippen LogP contribution in [0.2, 0.25) is 0 Å². The van der Waals surface area contributed by atoms with E-state index in [0.717, 1.165) is 26.1 Å². The number of ketones is 1. The molecular weight excluding hydrogens is 246 g/mol. The van der Waals surface area contributed by atoms with Gasteiger partial charge in [-0.2, -0.15) is 4.98 Å². The summed E-state index contributed by atoms with van der Waals surface area (Å²) in [6.45, 7) is 8.90. The summed E-state index contributed by atoms with van der Waals surface area (Å²) in [6, 6.07) is 0. The molecule has 0 radical (unpaired) electrons. The summed E-state index contributed by atoms with van der Waals surface area (Å²) in [7, 11) is 0. The van der Waals surface area contributed by atoms with Crippen molar-refractivity contribution in [1.82, 2.24) is 15.0 Å². The number of aromatic nitrogens is 2. The second-order valence-corrected chi connectivity index (χ2v) is 4.98. The highest BCUT2D eigenvalue weighted by Gasteiger charge is 2.27. The van der Waals surface area contributed by atoms with Crippen LogP contribution < -0.4 is 0 Å². The number of carbonyl (C=O) groups is 1. The van der Waals surface area contributed by atoms with Gasteiger partial charge in [-0.15, -0.1) is 0 Å². The predicted octanol–water partition coefficient (Wildman–Crippen LogP) is 1.55. The Bertz CT molecular complexity index is 431. The molecule has 6 nitrogen and oxygen atoms in total. The van der Waals surface area contributed by atoms with Crippen LogP contribution in [0.5, 0.6) is 0 Å². The molecule has 0 amide bonds. The van der Waals surface area contributed by atoms with Crippen LogP contribution in [0.25, 0.3) is 0 Å². The molecule has 1 fully saturated rings. The van der Waals surface area contributed by atoms with Crippen LogP contribution in [0.3, 0.4) is 0 Å². The maximum absolute atomic E-state index is 11.3. The Morgan fingerprint density at radius 3 is 3.05 bits per heavy atom. The molecule has 6 heteroatoms. The number of nitrogens with zero attached hydrogens (tertiary/aromatic N) is 3. The highest BCUT2D eigenvalue weighted by Crippen LogP contribution is 2.22. The van der Waals surface area contributed by atoms with Crippen molar-refractivity contribution in [2.24, 2.45) is 0 Å². The quantitative estimate of drug-likeness (QED) is 0.806. The number of hydrogen-bond acceptors (Lipinski definition) is 6. The first-order valence-corrected chi connectivity index (χ1v) is 6.79. The third kappa shape index (κ3) is 3.39. The zero-order chi connectivity index (χ0) is 13.8. The van der Waals surface area contributed by atoms with Crippen molar-refractivity contribution < 1.29 is 14.1 Å². The highest BCUT2D eigenvalue weighted by atomic mass is 16.5. The molecule has 0 N–H and O–H groups in total. The van der Waals surface area contributed by atoms with E-state index in [9.17, 15) is 4.79 Å². The zero-order valence-electron chi connectivity index (χ0n) is 11.8. The molecule has 1 aliphatic rings. The van der Waals surface area contributed by atoms with Crippen LogP contribution >= 0.6 is 0 Å². The van der Waals surface area contributed by atoms with E-state index in [1.807, 2.05) is 0 Å². The fourth-order valence-corrected chi connectivity index (χ4v) is 2.11. The monoisotopic (exact) mass is 267 g/mol. The van der Waals surface area contributed by atoms with Crippen LogP contribution in [-0.4, -0.2) is 47.1 Å². The largest absolute Gasteiger partial charge is 0.367 e. The van der Waals surface area contributed by atoms with Crippen LogP contribution in [0.1, 0.15) is 50.9 Å². The maximum atomic E-state index is 11.3. The lowest BCUT2D eigenvalue weighted by atomic mass is 10.1. The van der Waals surface area contributed by atoms with E-state index < -0.39 is 0 Å². The molecule has 1 aromatic heterocycles. The Hall–Kier alpha value is -1.27. The van der Waals surface area contributed by atoms with Gasteiger partial charge in [0.15, 0.2) is 0 Å². The van der Waals surface area contributed by atoms with Gasteiger partial charge in [0.25, 0.3) is 0 Å². The summed E-state index contributed by atoms with van der Waals surface area (Å²) in [5.41, 5.74) is 0. The highest BCUT2D eigenvalue weighted by molar-refractivity contribution is 5.81. The van der Waals surface area contributed by atoms with E-state index >= 15 is 0 Å². The topological polar surface area (TPSA) is 68.5 Å². The standard InChI is InChI=1S/C13H21N3O3/c1-4-5-16-6-7-18-11(8-16)12-14-13(19-15-12)9(2)10(3)17/h9,11H,4-8H2,1-3H3. The van der Waals surface area contributed by atoms with Gasteiger partial charge in [-0.05, 0) is 26.8 Å². The average Bonchev–Trinajstić information content (AvgIpc) is 2.88. The fourth-order valence-electron chi connectivity index (χ4n) is 2.11. The molecule has 0 aliphatic carbocycles. The first kappa shape index (κ1) is 14.1. The normalized spacial score (nSPS) is 22.4. The summed E-state index contributed by atoms with van der Waals surface area (Å²) < 4.78 is 10.8. The molecule has 1 aliphatic heterocycles. The predicted molar refractivity (Wildman–Crippen MR) is 68.8 cm³/mol. The Morgan fingerprint density at radius 2 is 2.37 bits per heavy atom. The number of morpholine rings is 1. The van der Waals surface area contributed by atoms with E-state index in [1.165, 1.54) is 6.92 Å². The molecule has 0 aromatic carbocycles. The molecule has 2 unspecified atom stereocenters. The molecule has 0 saturated carbocycles. The minimum absolute atomic E-state index is 0.0207. The Morgan fingerprint density at radius 1 is 1.58 bits per heavy atom.